The molecule has 0 fully saturated rings. The maximum Gasteiger partial charge on any atom is 0.277 e. The topological polar surface area (TPSA) is 59.9 Å². The van der Waals surface area contributed by atoms with Crippen molar-refractivity contribution >= 4 is 12.1 Å². The van der Waals surface area contributed by atoms with Crippen LogP contribution in [0.25, 0.3) is 0 Å². The molecule has 1 amide bonds. The Morgan fingerprint density at radius 3 is 2.13 bits per heavy atom. The second kappa shape index (κ2) is 10.3. The quantitative estimate of drug-likeness (QED) is 0.438. The van der Waals surface area contributed by atoms with E-state index in [0.717, 1.165) is 28.0 Å². The lowest BCUT2D eigenvalue weighted by Gasteiger charge is -2.09. The maximum absolute atomic E-state index is 12.0. The number of rotatable bonds is 8. The summed E-state index contributed by atoms with van der Waals surface area (Å²) < 4.78 is 11.3. The van der Waals surface area contributed by atoms with Crippen LogP contribution in [0.4, 0.5) is 0 Å². The monoisotopic (exact) mass is 402 g/mol. The molecule has 0 aromatic heterocycles. The number of carbonyl (C=O) groups is 1. The Kier molecular flexibility index (Phi) is 7.22. The van der Waals surface area contributed by atoms with E-state index in [9.17, 15) is 4.79 Å². The third-order valence-corrected chi connectivity index (χ3v) is 4.56. The summed E-state index contributed by atoms with van der Waals surface area (Å²) in [6.45, 7) is 6.50. The van der Waals surface area contributed by atoms with Gasteiger partial charge in [0.15, 0.2) is 6.61 Å². The summed E-state index contributed by atoms with van der Waals surface area (Å²) in [5, 5.41) is 4.05. The molecule has 0 bridgehead atoms. The molecule has 5 heteroatoms. The summed E-state index contributed by atoms with van der Waals surface area (Å²) >= 11 is 0. The van der Waals surface area contributed by atoms with E-state index >= 15 is 0 Å². The van der Waals surface area contributed by atoms with E-state index in [2.05, 4.69) is 29.6 Å². The first-order chi connectivity index (χ1) is 14.5. The maximum atomic E-state index is 12.0. The van der Waals surface area contributed by atoms with E-state index in [1.807, 2.05) is 56.3 Å². The number of amides is 1. The predicted molar refractivity (Wildman–Crippen MR) is 119 cm³/mol. The van der Waals surface area contributed by atoms with Gasteiger partial charge in [-0.15, -0.1) is 0 Å². The van der Waals surface area contributed by atoms with Crippen molar-refractivity contribution < 1.29 is 14.3 Å². The largest absolute Gasteiger partial charge is 0.489 e. The number of benzene rings is 3. The molecule has 0 aliphatic heterocycles. The van der Waals surface area contributed by atoms with E-state index in [-0.39, 0.29) is 12.5 Å². The Balaban J connectivity index is 1.44. The van der Waals surface area contributed by atoms with Gasteiger partial charge in [-0.2, -0.15) is 5.10 Å². The van der Waals surface area contributed by atoms with Crippen LogP contribution in [0.2, 0.25) is 0 Å². The van der Waals surface area contributed by atoms with Crippen LogP contribution in [-0.4, -0.2) is 18.7 Å². The van der Waals surface area contributed by atoms with Gasteiger partial charge in [-0.3, -0.25) is 4.79 Å². The highest BCUT2D eigenvalue weighted by atomic mass is 16.5. The second-order valence-corrected chi connectivity index (χ2v) is 7.14. The van der Waals surface area contributed by atoms with Crippen molar-refractivity contribution in [3.63, 3.8) is 0 Å². The number of ether oxygens (including phenoxy) is 2. The van der Waals surface area contributed by atoms with Crippen LogP contribution in [0, 0.1) is 20.8 Å². The van der Waals surface area contributed by atoms with Crippen molar-refractivity contribution in [2.75, 3.05) is 6.61 Å². The Labute approximate surface area is 177 Å². The Bertz CT molecular complexity index is 989. The zero-order valence-electron chi connectivity index (χ0n) is 17.5. The van der Waals surface area contributed by atoms with Crippen LogP contribution in [-0.2, 0) is 11.4 Å². The van der Waals surface area contributed by atoms with Gasteiger partial charge < -0.3 is 9.47 Å². The fraction of sp³-hybridized carbons (Fsp3) is 0.200. The summed E-state index contributed by atoms with van der Waals surface area (Å²) in [5.41, 5.74) is 8.06. The van der Waals surface area contributed by atoms with Gasteiger partial charge in [0.25, 0.3) is 5.91 Å². The average Bonchev–Trinajstić information content (AvgIpc) is 2.74. The highest BCUT2D eigenvalue weighted by Crippen LogP contribution is 2.18. The molecule has 0 saturated heterocycles. The lowest BCUT2D eigenvalue weighted by molar-refractivity contribution is -0.123. The zero-order valence-corrected chi connectivity index (χ0v) is 17.5. The molecule has 1 N–H and O–H groups in total. The zero-order chi connectivity index (χ0) is 21.3. The van der Waals surface area contributed by atoms with Gasteiger partial charge in [0.05, 0.1) is 6.21 Å². The van der Waals surface area contributed by atoms with E-state index in [1.165, 1.54) is 5.56 Å². The Morgan fingerprint density at radius 2 is 1.50 bits per heavy atom. The van der Waals surface area contributed by atoms with Crippen molar-refractivity contribution in [1.82, 2.24) is 5.43 Å². The van der Waals surface area contributed by atoms with Crippen LogP contribution >= 0.6 is 0 Å². The van der Waals surface area contributed by atoms with Gasteiger partial charge in [-0.25, -0.2) is 5.43 Å². The summed E-state index contributed by atoms with van der Waals surface area (Å²) in [6.07, 6.45) is 1.67. The summed E-state index contributed by atoms with van der Waals surface area (Å²) in [5.74, 6) is 1.01. The summed E-state index contributed by atoms with van der Waals surface area (Å²) in [4.78, 5) is 12.0. The third kappa shape index (κ3) is 6.21. The smallest absolute Gasteiger partial charge is 0.277 e. The lowest BCUT2D eigenvalue weighted by atomic mass is 10.0. The molecule has 0 atom stereocenters. The number of hydrogen-bond donors (Lipinski definition) is 1. The summed E-state index contributed by atoms with van der Waals surface area (Å²) in [6, 6.07) is 21.3. The lowest BCUT2D eigenvalue weighted by Crippen LogP contribution is -2.24. The van der Waals surface area contributed by atoms with E-state index < -0.39 is 0 Å². The van der Waals surface area contributed by atoms with Gasteiger partial charge in [0.1, 0.15) is 18.1 Å². The molecule has 0 aliphatic rings. The molecular formula is C25H26N2O3. The normalized spacial score (nSPS) is 10.8. The Hall–Kier alpha value is -3.60. The molecule has 5 nitrogen and oxygen atoms in total. The minimum Gasteiger partial charge on any atom is -0.489 e. The van der Waals surface area contributed by atoms with Crippen molar-refractivity contribution in [1.29, 1.82) is 0 Å². The van der Waals surface area contributed by atoms with Crippen LogP contribution in [0.3, 0.4) is 0 Å². The fourth-order valence-corrected chi connectivity index (χ4v) is 3.12. The molecule has 0 saturated carbocycles. The first-order valence-electron chi connectivity index (χ1n) is 9.80. The number of nitrogens with one attached hydrogen (secondary N) is 1. The summed E-state index contributed by atoms with van der Waals surface area (Å²) in [7, 11) is 0. The molecule has 0 unspecified atom stereocenters. The first-order valence-corrected chi connectivity index (χ1v) is 9.80. The average molecular weight is 402 g/mol. The highest BCUT2D eigenvalue weighted by Gasteiger charge is 2.04. The van der Waals surface area contributed by atoms with E-state index in [4.69, 9.17) is 9.47 Å². The Morgan fingerprint density at radius 1 is 0.900 bits per heavy atom. The van der Waals surface area contributed by atoms with Gasteiger partial charge in [-0.1, -0.05) is 48.0 Å². The van der Waals surface area contributed by atoms with Crippen molar-refractivity contribution in [2.45, 2.75) is 27.4 Å². The van der Waals surface area contributed by atoms with Crippen molar-refractivity contribution in [2.24, 2.45) is 5.10 Å². The first kappa shape index (κ1) is 21.1. The SMILES string of the molecule is Cc1cc(C)c(C=NNC(=O)COc2ccc(OCc3ccccc3)cc2)c(C)c1. The van der Waals surface area contributed by atoms with Crippen LogP contribution in [0.1, 0.15) is 27.8 Å². The molecule has 30 heavy (non-hydrogen) atoms. The standard InChI is InChI=1S/C25H26N2O3/c1-18-13-19(2)24(20(3)14-18)15-26-27-25(28)17-30-23-11-9-22(10-12-23)29-16-21-7-5-4-6-8-21/h4-15H,16-17H2,1-3H3,(H,27,28). The third-order valence-electron chi connectivity index (χ3n) is 4.56. The van der Waals surface area contributed by atoms with Crippen LogP contribution < -0.4 is 14.9 Å². The molecule has 154 valence electrons. The molecule has 3 aromatic rings. The molecule has 3 aromatic carbocycles. The molecule has 0 spiro atoms. The molecule has 0 heterocycles. The molecule has 0 radical (unpaired) electrons. The van der Waals surface area contributed by atoms with Crippen molar-refractivity contribution in [3.05, 3.63) is 94.5 Å². The van der Waals surface area contributed by atoms with Gasteiger partial charge in [-0.05, 0) is 61.7 Å². The number of hydrazone groups is 1. The molecule has 3 rings (SSSR count). The minimum atomic E-state index is -0.321. The fourth-order valence-electron chi connectivity index (χ4n) is 3.12. The number of aryl methyl sites for hydroxylation is 3. The van der Waals surface area contributed by atoms with Gasteiger partial charge >= 0.3 is 0 Å². The minimum absolute atomic E-state index is 0.118. The highest BCUT2D eigenvalue weighted by molar-refractivity contribution is 5.85. The second-order valence-electron chi connectivity index (χ2n) is 7.14. The van der Waals surface area contributed by atoms with E-state index in [1.54, 1.807) is 18.3 Å². The predicted octanol–water partition coefficient (Wildman–Crippen LogP) is 4.72. The van der Waals surface area contributed by atoms with E-state index in [0.29, 0.717) is 12.4 Å². The molecular weight excluding hydrogens is 376 g/mol. The van der Waals surface area contributed by atoms with Gasteiger partial charge in [0.2, 0.25) is 0 Å². The number of hydrogen-bond acceptors (Lipinski definition) is 4. The number of carbonyl (C=O) groups excluding carboxylic acids is 1. The van der Waals surface area contributed by atoms with Crippen LogP contribution in [0.15, 0.2) is 71.8 Å². The van der Waals surface area contributed by atoms with Crippen molar-refractivity contribution in [3.8, 4) is 11.5 Å². The van der Waals surface area contributed by atoms with Gasteiger partial charge in [0, 0.05) is 5.56 Å². The number of nitrogens with zero attached hydrogens (tertiary/aromatic N) is 1. The molecule has 0 aliphatic carbocycles. The van der Waals surface area contributed by atoms with Crippen LogP contribution in [0.5, 0.6) is 11.5 Å².